The molecular formula is C18H30N4O2. The Morgan fingerprint density at radius 1 is 1.21 bits per heavy atom. The average molecular weight is 334 g/mol. The lowest BCUT2D eigenvalue weighted by Crippen LogP contribution is -2.38. The largest absolute Gasteiger partial charge is 0.469 e. The van der Waals surface area contributed by atoms with E-state index >= 15 is 0 Å². The Morgan fingerprint density at radius 3 is 2.75 bits per heavy atom. The third-order valence-electron chi connectivity index (χ3n) is 3.53. The van der Waals surface area contributed by atoms with Crippen molar-refractivity contribution < 1.29 is 9.53 Å². The van der Waals surface area contributed by atoms with Gasteiger partial charge < -0.3 is 15.4 Å². The molecule has 24 heavy (non-hydrogen) atoms. The standard InChI is InChI=1S/C18H30N4O2/c1-3-19-18(22-15-12-16-10-7-9-13-20-16)21-14-8-5-4-6-11-17(23)24-2/h7,9-10,13H,3-6,8,11-12,14-15H2,1-2H3,(H2,19,21,22). The number of hydrogen-bond acceptors (Lipinski definition) is 4. The molecule has 0 amide bonds. The maximum atomic E-state index is 11.0. The van der Waals surface area contributed by atoms with Gasteiger partial charge in [-0.25, -0.2) is 0 Å². The highest BCUT2D eigenvalue weighted by Gasteiger charge is 2.00. The number of carbonyl (C=O) groups is 1. The molecule has 0 aliphatic carbocycles. The number of aromatic nitrogens is 1. The summed E-state index contributed by atoms with van der Waals surface area (Å²) < 4.78 is 4.62. The molecule has 0 aliphatic heterocycles. The van der Waals surface area contributed by atoms with Crippen LogP contribution in [0, 0.1) is 0 Å². The van der Waals surface area contributed by atoms with Gasteiger partial charge in [0.2, 0.25) is 0 Å². The first-order valence-electron chi connectivity index (χ1n) is 8.75. The maximum Gasteiger partial charge on any atom is 0.305 e. The van der Waals surface area contributed by atoms with Gasteiger partial charge >= 0.3 is 5.97 Å². The average Bonchev–Trinajstić information content (AvgIpc) is 2.61. The van der Waals surface area contributed by atoms with E-state index in [2.05, 4.69) is 32.3 Å². The lowest BCUT2D eigenvalue weighted by molar-refractivity contribution is -0.140. The number of rotatable bonds is 11. The molecule has 0 aromatic carbocycles. The maximum absolute atomic E-state index is 11.0. The number of aliphatic imine (C=N–C) groups is 1. The Labute approximate surface area is 145 Å². The summed E-state index contributed by atoms with van der Waals surface area (Å²) in [6.07, 6.45) is 7.23. The Morgan fingerprint density at radius 2 is 2.04 bits per heavy atom. The van der Waals surface area contributed by atoms with E-state index in [1.807, 2.05) is 24.4 Å². The van der Waals surface area contributed by atoms with Gasteiger partial charge in [0.1, 0.15) is 0 Å². The summed E-state index contributed by atoms with van der Waals surface area (Å²) in [5.74, 6) is 0.725. The van der Waals surface area contributed by atoms with Crippen LogP contribution in [0.1, 0.15) is 44.7 Å². The van der Waals surface area contributed by atoms with Crippen molar-refractivity contribution in [3.8, 4) is 0 Å². The molecule has 1 aromatic rings. The summed E-state index contributed by atoms with van der Waals surface area (Å²) in [7, 11) is 1.43. The first kappa shape index (κ1) is 19.9. The number of carbonyl (C=O) groups excluding carboxylic acids is 1. The first-order chi connectivity index (χ1) is 11.8. The molecule has 0 fully saturated rings. The first-order valence-corrected chi connectivity index (χ1v) is 8.75. The predicted molar refractivity (Wildman–Crippen MR) is 97.0 cm³/mol. The van der Waals surface area contributed by atoms with Crippen LogP contribution in [-0.2, 0) is 16.0 Å². The summed E-state index contributed by atoms with van der Waals surface area (Å²) in [6.45, 7) is 4.50. The van der Waals surface area contributed by atoms with Crippen LogP contribution in [0.5, 0.6) is 0 Å². The van der Waals surface area contributed by atoms with Crippen LogP contribution in [-0.4, -0.2) is 43.7 Å². The fourth-order valence-electron chi connectivity index (χ4n) is 2.22. The monoisotopic (exact) mass is 334 g/mol. The van der Waals surface area contributed by atoms with E-state index in [0.717, 1.165) is 63.4 Å². The smallest absolute Gasteiger partial charge is 0.305 e. The number of methoxy groups -OCH3 is 1. The molecule has 6 nitrogen and oxygen atoms in total. The molecule has 2 N–H and O–H groups in total. The van der Waals surface area contributed by atoms with Crippen LogP contribution in [0.15, 0.2) is 29.4 Å². The Balaban J connectivity index is 2.16. The van der Waals surface area contributed by atoms with Gasteiger partial charge in [-0.2, -0.15) is 0 Å². The normalized spacial score (nSPS) is 11.2. The molecule has 134 valence electrons. The number of hydrogen-bond donors (Lipinski definition) is 2. The molecule has 0 aliphatic rings. The number of nitrogens with one attached hydrogen (secondary N) is 2. The quantitative estimate of drug-likeness (QED) is 0.281. The number of esters is 1. The number of guanidine groups is 1. The predicted octanol–water partition coefficient (Wildman–Crippen LogP) is 2.30. The Hall–Kier alpha value is -2.11. The third kappa shape index (κ3) is 9.82. The lowest BCUT2D eigenvalue weighted by Gasteiger charge is -2.11. The number of unbranched alkanes of at least 4 members (excludes halogenated alkanes) is 3. The minimum atomic E-state index is -0.125. The van der Waals surface area contributed by atoms with E-state index in [9.17, 15) is 4.79 Å². The molecule has 1 heterocycles. The molecule has 1 aromatic heterocycles. The van der Waals surface area contributed by atoms with Crippen LogP contribution in [0.4, 0.5) is 0 Å². The zero-order valence-electron chi connectivity index (χ0n) is 14.9. The molecule has 0 bridgehead atoms. The number of pyridine rings is 1. The fourth-order valence-corrected chi connectivity index (χ4v) is 2.22. The second kappa shape index (κ2) is 13.3. The Bertz CT molecular complexity index is 477. The van der Waals surface area contributed by atoms with Crippen LogP contribution in [0.3, 0.4) is 0 Å². The zero-order chi connectivity index (χ0) is 17.5. The summed E-state index contributed by atoms with van der Waals surface area (Å²) in [6, 6.07) is 5.95. The van der Waals surface area contributed by atoms with Gasteiger partial charge in [-0.15, -0.1) is 0 Å². The van der Waals surface area contributed by atoms with Gasteiger partial charge in [-0.1, -0.05) is 18.9 Å². The molecule has 6 heteroatoms. The van der Waals surface area contributed by atoms with E-state index in [1.165, 1.54) is 7.11 Å². The van der Waals surface area contributed by atoms with Crippen molar-refractivity contribution in [1.82, 2.24) is 15.6 Å². The van der Waals surface area contributed by atoms with Crippen molar-refractivity contribution in [2.45, 2.75) is 45.4 Å². The molecule has 0 atom stereocenters. The highest BCUT2D eigenvalue weighted by Crippen LogP contribution is 2.04. The molecule has 0 radical (unpaired) electrons. The van der Waals surface area contributed by atoms with Gasteiger partial charge in [-0.3, -0.25) is 14.8 Å². The van der Waals surface area contributed by atoms with Crippen molar-refractivity contribution in [2.24, 2.45) is 4.99 Å². The summed E-state index contributed by atoms with van der Waals surface area (Å²) in [4.78, 5) is 19.9. The summed E-state index contributed by atoms with van der Waals surface area (Å²) >= 11 is 0. The zero-order valence-corrected chi connectivity index (χ0v) is 14.9. The molecular weight excluding hydrogens is 304 g/mol. The number of ether oxygens (including phenoxy) is 1. The summed E-state index contributed by atoms with van der Waals surface area (Å²) in [5.41, 5.74) is 1.08. The van der Waals surface area contributed by atoms with Crippen molar-refractivity contribution in [3.63, 3.8) is 0 Å². The molecule has 1 rings (SSSR count). The van der Waals surface area contributed by atoms with E-state index in [-0.39, 0.29) is 5.97 Å². The van der Waals surface area contributed by atoms with E-state index < -0.39 is 0 Å². The van der Waals surface area contributed by atoms with Crippen LogP contribution in [0.2, 0.25) is 0 Å². The topological polar surface area (TPSA) is 75.6 Å². The van der Waals surface area contributed by atoms with Gasteiger partial charge in [0, 0.05) is 44.4 Å². The fraction of sp³-hybridized carbons (Fsp3) is 0.611. The van der Waals surface area contributed by atoms with E-state index in [0.29, 0.717) is 6.42 Å². The van der Waals surface area contributed by atoms with Gasteiger partial charge in [0.25, 0.3) is 0 Å². The van der Waals surface area contributed by atoms with Gasteiger partial charge in [-0.05, 0) is 31.9 Å². The van der Waals surface area contributed by atoms with Crippen LogP contribution >= 0.6 is 0 Å². The van der Waals surface area contributed by atoms with Gasteiger partial charge in [0.05, 0.1) is 7.11 Å². The van der Waals surface area contributed by atoms with Crippen molar-refractivity contribution >= 4 is 11.9 Å². The lowest BCUT2D eigenvalue weighted by atomic mass is 10.1. The second-order valence-electron chi connectivity index (χ2n) is 5.50. The molecule has 0 unspecified atom stereocenters. The van der Waals surface area contributed by atoms with E-state index in [1.54, 1.807) is 0 Å². The summed E-state index contributed by atoms with van der Waals surface area (Å²) in [5, 5.41) is 6.58. The van der Waals surface area contributed by atoms with E-state index in [4.69, 9.17) is 0 Å². The molecule has 0 spiro atoms. The second-order valence-corrected chi connectivity index (χ2v) is 5.50. The highest BCUT2D eigenvalue weighted by molar-refractivity contribution is 5.79. The number of nitrogens with zero attached hydrogens (tertiary/aromatic N) is 2. The minimum Gasteiger partial charge on any atom is -0.469 e. The van der Waals surface area contributed by atoms with Crippen molar-refractivity contribution in [1.29, 1.82) is 0 Å². The van der Waals surface area contributed by atoms with Crippen LogP contribution < -0.4 is 10.6 Å². The SMILES string of the molecule is CCNC(=NCCCCCCC(=O)OC)NCCc1ccccn1. The van der Waals surface area contributed by atoms with Crippen molar-refractivity contribution in [2.75, 3.05) is 26.7 Å². The van der Waals surface area contributed by atoms with Gasteiger partial charge in [0.15, 0.2) is 5.96 Å². The minimum absolute atomic E-state index is 0.125. The highest BCUT2D eigenvalue weighted by atomic mass is 16.5. The molecule has 0 saturated carbocycles. The molecule has 0 saturated heterocycles. The third-order valence-corrected chi connectivity index (χ3v) is 3.53. The van der Waals surface area contributed by atoms with Crippen LogP contribution in [0.25, 0.3) is 0 Å². The Kier molecular flexibility index (Phi) is 11.1. The van der Waals surface area contributed by atoms with Crippen molar-refractivity contribution in [3.05, 3.63) is 30.1 Å².